The van der Waals surface area contributed by atoms with Gasteiger partial charge >= 0.3 is 11.9 Å². The van der Waals surface area contributed by atoms with Crippen molar-refractivity contribution in [3.8, 4) is 0 Å². The Bertz CT molecular complexity index is 2200. The molecule has 24 heteroatoms. The Kier molecular flexibility index (Phi) is 16.9. The normalized spacial score (nSPS) is 54.1. The molecule has 78 heavy (non-hydrogen) atoms. The highest BCUT2D eigenvalue weighted by atomic mass is 16.8. The van der Waals surface area contributed by atoms with Crippen molar-refractivity contribution in [2.75, 3.05) is 19.8 Å². The molecule has 9 rings (SSSR count). The van der Waals surface area contributed by atoms with Crippen molar-refractivity contribution in [1.82, 2.24) is 0 Å². The lowest BCUT2D eigenvalue weighted by Crippen LogP contribution is -2.67. The van der Waals surface area contributed by atoms with Crippen LogP contribution in [0.15, 0.2) is 11.6 Å². The molecule has 14 N–H and O–H groups in total. The first-order chi connectivity index (χ1) is 36.4. The van der Waals surface area contributed by atoms with E-state index in [0.717, 1.165) is 6.42 Å². The number of carbonyl (C=O) groups excluding carboxylic acids is 1. The fourth-order valence-corrected chi connectivity index (χ4v) is 16.4. The molecular weight excluding hydrogens is 1030 g/mol. The molecule has 0 aromatic rings. The predicted octanol–water partition coefficient (Wildman–Crippen LogP) is -1.94. The fourth-order valence-electron chi connectivity index (χ4n) is 16.4. The van der Waals surface area contributed by atoms with Gasteiger partial charge in [-0.25, -0.2) is 4.79 Å². The van der Waals surface area contributed by atoms with Crippen molar-refractivity contribution in [3.05, 3.63) is 11.6 Å². The highest BCUT2D eigenvalue weighted by molar-refractivity contribution is 5.79. The van der Waals surface area contributed by atoms with Crippen LogP contribution in [0.1, 0.15) is 113 Å². The Morgan fingerprint density at radius 1 is 0.615 bits per heavy atom. The second-order valence-electron chi connectivity index (χ2n) is 26.2. The molecule has 0 radical (unpaired) electrons. The monoisotopic (exact) mass is 1120 g/mol. The lowest BCUT2D eigenvalue weighted by Gasteiger charge is -2.71. The molecule has 0 bridgehead atoms. The SMILES string of the molecule is C[C@@H]1O[C@@H](O[C@H]2[C@H](O)[C@@H](O)[C@H](OC[C@H]3O[C@@H](OC(=O)[C@]45CCC(C)(C)CC4C4=CCC6[C@@]7(C)CC[C@H](O[C@@H]8O[C@H](C(=O)O)[C@@H](O)[C@H](O)[C@H]8O)[C@@](C)(CO)C7CC[C@@]6(C)[C@]4(C)CC5)[C@H](O)[C@@H](O)[C@@H]3O)O[C@@H]2CO)[C@H](O)[C@H](O)[C@H]1O. The molecule has 8 fully saturated rings. The molecule has 24 nitrogen and oxygen atoms in total. The van der Waals surface area contributed by atoms with E-state index >= 15 is 4.79 Å². The number of aliphatic hydroxyl groups excluding tert-OH is 13. The van der Waals surface area contributed by atoms with Gasteiger partial charge in [-0.3, -0.25) is 4.79 Å². The molecule has 9 aliphatic rings. The van der Waals surface area contributed by atoms with E-state index in [1.807, 2.05) is 6.92 Å². The van der Waals surface area contributed by atoms with Gasteiger partial charge in [-0.2, -0.15) is 0 Å². The second kappa shape index (κ2) is 21.8. The van der Waals surface area contributed by atoms with Gasteiger partial charge in [0.2, 0.25) is 6.29 Å². The zero-order valence-electron chi connectivity index (χ0n) is 45.5. The maximum Gasteiger partial charge on any atom is 0.335 e. The summed E-state index contributed by atoms with van der Waals surface area (Å²) in [6, 6.07) is 0. The van der Waals surface area contributed by atoms with Crippen LogP contribution in [0, 0.1) is 50.2 Å². The standard InChI is InChI=1S/C54H86O24/c1-22-30(57)32(59)37(64)45(72-22)76-41-25(19-55)73-44(40(67)36(41)63)71-20-26-31(58)33(60)38(65)46(74-26)78-48(70)54-16-14-49(2,3)18-24(54)23-8-9-28-50(4)12-11-29(75-47-39(66)34(61)35(62)42(77-47)43(68)69)51(5,21-56)27(50)10-13-53(28,7)52(23,6)15-17-54/h8,22,24-42,44-47,55-67H,9-21H2,1-7H3,(H,68,69)/t22-,24?,25+,26+,27?,28?,29-,30-,31+,32+,33-,34-,35-,36+,37+,38+,39+,40+,41+,42-,44+,45-,46-,47+,50-,51-,52+,53+,54-/m0/s1. The summed E-state index contributed by atoms with van der Waals surface area (Å²) >= 11 is 0. The van der Waals surface area contributed by atoms with Gasteiger partial charge in [0, 0.05) is 5.41 Å². The number of hydrogen-bond donors (Lipinski definition) is 14. The number of carbonyl (C=O) groups is 2. The fraction of sp³-hybridized carbons (Fsp3) is 0.926. The average Bonchev–Trinajstić information content (AvgIpc) is 2.46. The summed E-state index contributed by atoms with van der Waals surface area (Å²) in [5.74, 6) is -2.43. The summed E-state index contributed by atoms with van der Waals surface area (Å²) in [5.41, 5.74) is -2.01. The van der Waals surface area contributed by atoms with Gasteiger partial charge in [0.15, 0.2) is 25.0 Å². The minimum Gasteiger partial charge on any atom is -0.479 e. The number of carboxylic acid groups (broad SMARTS) is 1. The summed E-state index contributed by atoms with van der Waals surface area (Å²) < 4.78 is 46.7. The largest absolute Gasteiger partial charge is 0.479 e. The number of ether oxygens (including phenoxy) is 8. The summed E-state index contributed by atoms with van der Waals surface area (Å²) in [6.45, 7) is 12.9. The Balaban J connectivity index is 0.900. The number of allylic oxidation sites excluding steroid dienone is 2. The van der Waals surface area contributed by atoms with Crippen LogP contribution in [-0.2, 0) is 47.5 Å². The number of fused-ring (bicyclic) bond motifs is 7. The molecule has 4 saturated carbocycles. The maximum atomic E-state index is 15.1. The molecule has 4 saturated heterocycles. The molecule has 446 valence electrons. The number of aliphatic carboxylic acids is 1. The predicted molar refractivity (Wildman–Crippen MR) is 263 cm³/mol. The molecule has 4 aliphatic heterocycles. The van der Waals surface area contributed by atoms with Gasteiger partial charge in [-0.15, -0.1) is 0 Å². The van der Waals surface area contributed by atoms with Gasteiger partial charge < -0.3 is 109 Å². The Morgan fingerprint density at radius 2 is 1.22 bits per heavy atom. The van der Waals surface area contributed by atoms with Crippen molar-refractivity contribution in [2.45, 2.75) is 242 Å². The first-order valence-electron chi connectivity index (χ1n) is 27.8. The molecule has 5 aliphatic carbocycles. The minimum atomic E-state index is -1.90. The van der Waals surface area contributed by atoms with E-state index in [9.17, 15) is 76.3 Å². The van der Waals surface area contributed by atoms with Crippen LogP contribution in [0.5, 0.6) is 0 Å². The van der Waals surface area contributed by atoms with Gasteiger partial charge in [0.1, 0.15) is 85.5 Å². The third-order valence-corrected chi connectivity index (χ3v) is 21.5. The Morgan fingerprint density at radius 3 is 1.87 bits per heavy atom. The molecule has 0 aromatic carbocycles. The van der Waals surface area contributed by atoms with Gasteiger partial charge in [0.25, 0.3) is 0 Å². The van der Waals surface area contributed by atoms with E-state index in [2.05, 4.69) is 40.7 Å². The summed E-state index contributed by atoms with van der Waals surface area (Å²) in [4.78, 5) is 27.1. The van der Waals surface area contributed by atoms with Crippen LogP contribution in [-0.4, -0.2) is 232 Å². The maximum absolute atomic E-state index is 15.1. The summed E-state index contributed by atoms with van der Waals surface area (Å²) in [6.07, 6.45) is -26.0. The smallest absolute Gasteiger partial charge is 0.335 e. The van der Waals surface area contributed by atoms with Gasteiger partial charge in [-0.05, 0) is 111 Å². The van der Waals surface area contributed by atoms with Crippen LogP contribution in [0.4, 0.5) is 0 Å². The van der Waals surface area contributed by atoms with Gasteiger partial charge in [0.05, 0.1) is 37.4 Å². The lowest BCUT2D eigenvalue weighted by atomic mass is 9.33. The van der Waals surface area contributed by atoms with Gasteiger partial charge in [-0.1, -0.05) is 53.2 Å². The first-order valence-corrected chi connectivity index (χ1v) is 27.8. The lowest BCUT2D eigenvalue weighted by molar-refractivity contribution is -0.361. The number of aliphatic hydroxyl groups is 13. The molecule has 0 spiro atoms. The topological polar surface area (TPSA) is 391 Å². The third kappa shape index (κ3) is 9.72. The van der Waals surface area contributed by atoms with Crippen LogP contribution >= 0.6 is 0 Å². The Labute approximate surface area is 453 Å². The highest BCUT2D eigenvalue weighted by Gasteiger charge is 2.71. The van der Waals surface area contributed by atoms with E-state index < -0.39 is 170 Å². The summed E-state index contributed by atoms with van der Waals surface area (Å²) in [5, 5.41) is 150. The van der Waals surface area contributed by atoms with E-state index in [1.54, 1.807) is 0 Å². The van der Waals surface area contributed by atoms with E-state index in [-0.39, 0.29) is 40.6 Å². The van der Waals surface area contributed by atoms with Crippen molar-refractivity contribution in [1.29, 1.82) is 0 Å². The van der Waals surface area contributed by atoms with E-state index in [4.69, 9.17) is 37.9 Å². The molecule has 0 aromatic heterocycles. The average molecular weight is 1120 g/mol. The third-order valence-electron chi connectivity index (χ3n) is 21.5. The number of carboxylic acids is 1. The van der Waals surface area contributed by atoms with Crippen LogP contribution in [0.3, 0.4) is 0 Å². The van der Waals surface area contributed by atoms with Crippen molar-refractivity contribution < 1.29 is 119 Å². The molecule has 29 atom stereocenters. The summed E-state index contributed by atoms with van der Waals surface area (Å²) in [7, 11) is 0. The number of esters is 1. The second-order valence-corrected chi connectivity index (χ2v) is 26.2. The number of hydrogen-bond acceptors (Lipinski definition) is 23. The Hall–Kier alpha value is -2.12. The molecule has 4 heterocycles. The first kappa shape index (κ1) is 60.5. The van der Waals surface area contributed by atoms with Crippen molar-refractivity contribution in [3.63, 3.8) is 0 Å². The molecule has 0 amide bonds. The van der Waals surface area contributed by atoms with Crippen molar-refractivity contribution in [2.24, 2.45) is 50.2 Å². The molecule has 3 unspecified atom stereocenters. The van der Waals surface area contributed by atoms with Crippen LogP contribution < -0.4 is 0 Å². The minimum absolute atomic E-state index is 0.0975. The zero-order valence-corrected chi connectivity index (χ0v) is 45.5. The van der Waals surface area contributed by atoms with E-state index in [1.165, 1.54) is 12.5 Å². The van der Waals surface area contributed by atoms with Crippen molar-refractivity contribution >= 4 is 11.9 Å². The van der Waals surface area contributed by atoms with Crippen LogP contribution in [0.2, 0.25) is 0 Å². The van der Waals surface area contributed by atoms with Crippen LogP contribution in [0.25, 0.3) is 0 Å². The number of rotatable bonds is 12. The van der Waals surface area contributed by atoms with E-state index in [0.29, 0.717) is 57.8 Å². The quantitative estimate of drug-likeness (QED) is 0.0574. The molecular formula is C54H86O24. The highest BCUT2D eigenvalue weighted by Crippen LogP contribution is 2.76. The zero-order chi connectivity index (χ0) is 57.1.